The fraction of sp³-hybridized carbons (Fsp3) is 0.462. The summed E-state index contributed by atoms with van der Waals surface area (Å²) in [6.07, 6.45) is 0. The zero-order valence-electron chi connectivity index (χ0n) is 10.6. The van der Waals surface area contributed by atoms with Crippen LogP contribution in [0.1, 0.15) is 12.5 Å². The average molecular weight is 251 g/mol. The van der Waals surface area contributed by atoms with E-state index in [-0.39, 0.29) is 17.8 Å². The van der Waals surface area contributed by atoms with Crippen LogP contribution in [0.2, 0.25) is 0 Å². The molecule has 0 aliphatic carbocycles. The van der Waals surface area contributed by atoms with Crippen LogP contribution in [0.3, 0.4) is 0 Å². The maximum Gasteiger partial charge on any atom is 0.242 e. The second-order valence-electron chi connectivity index (χ2n) is 4.72. The molecule has 4 nitrogen and oxygen atoms in total. The van der Waals surface area contributed by atoms with Crippen molar-refractivity contribution in [2.24, 2.45) is 0 Å². The van der Waals surface area contributed by atoms with Gasteiger partial charge in [-0.15, -0.1) is 0 Å². The van der Waals surface area contributed by atoms with E-state index in [2.05, 4.69) is 22.9 Å². The number of benzene rings is 1. The van der Waals surface area contributed by atoms with Crippen molar-refractivity contribution in [1.29, 1.82) is 0 Å². The Labute approximate surface area is 106 Å². The van der Waals surface area contributed by atoms with Gasteiger partial charge in [-0.1, -0.05) is 6.07 Å². The molecule has 1 aliphatic heterocycles. The van der Waals surface area contributed by atoms with Crippen molar-refractivity contribution in [2.75, 3.05) is 18.4 Å². The molecular formula is C13H18FN3O. The summed E-state index contributed by atoms with van der Waals surface area (Å²) in [6, 6.07) is 4.79. The van der Waals surface area contributed by atoms with E-state index in [0.29, 0.717) is 23.8 Å². The third-order valence-electron chi connectivity index (χ3n) is 3.10. The molecule has 2 atom stereocenters. The molecule has 1 heterocycles. The minimum absolute atomic E-state index is 0.141. The Morgan fingerprint density at radius 2 is 2.17 bits per heavy atom. The number of carbonyl (C=O) groups is 1. The minimum Gasteiger partial charge on any atom is -0.325 e. The summed E-state index contributed by atoms with van der Waals surface area (Å²) in [5, 5.41) is 9.08. The standard InChI is InChI=1S/C13H18FN3O/c1-8-3-4-10(5-11(8)14)17-13(18)12-7-15-9(2)6-16-12/h3-5,9,12,15-16H,6-7H2,1-2H3,(H,17,18). The molecule has 98 valence electrons. The Hall–Kier alpha value is -1.46. The van der Waals surface area contributed by atoms with Gasteiger partial charge in [-0.3, -0.25) is 4.79 Å². The molecule has 5 heteroatoms. The van der Waals surface area contributed by atoms with Crippen molar-refractivity contribution in [3.05, 3.63) is 29.6 Å². The Morgan fingerprint density at radius 1 is 1.39 bits per heavy atom. The number of halogens is 1. The fourth-order valence-electron chi connectivity index (χ4n) is 1.87. The summed E-state index contributed by atoms with van der Waals surface area (Å²) in [7, 11) is 0. The van der Waals surface area contributed by atoms with Crippen LogP contribution < -0.4 is 16.0 Å². The molecule has 2 unspecified atom stereocenters. The SMILES string of the molecule is Cc1ccc(NC(=O)C2CNC(C)CN2)cc1F. The molecule has 1 aromatic rings. The van der Waals surface area contributed by atoms with Gasteiger partial charge in [-0.25, -0.2) is 4.39 Å². The number of amides is 1. The van der Waals surface area contributed by atoms with E-state index in [9.17, 15) is 9.18 Å². The van der Waals surface area contributed by atoms with E-state index in [4.69, 9.17) is 0 Å². The molecule has 3 N–H and O–H groups in total. The summed E-state index contributed by atoms with van der Waals surface area (Å²) >= 11 is 0. The van der Waals surface area contributed by atoms with E-state index >= 15 is 0 Å². The molecule has 1 amide bonds. The van der Waals surface area contributed by atoms with Gasteiger partial charge >= 0.3 is 0 Å². The Kier molecular flexibility index (Phi) is 3.93. The predicted octanol–water partition coefficient (Wildman–Crippen LogP) is 1.02. The van der Waals surface area contributed by atoms with Gasteiger partial charge in [0.05, 0.1) is 6.04 Å². The van der Waals surface area contributed by atoms with Crippen LogP contribution in [0.15, 0.2) is 18.2 Å². The van der Waals surface area contributed by atoms with Crippen LogP contribution in [0.25, 0.3) is 0 Å². The van der Waals surface area contributed by atoms with Gasteiger partial charge in [-0.2, -0.15) is 0 Å². The summed E-state index contributed by atoms with van der Waals surface area (Å²) in [5.74, 6) is -0.450. The van der Waals surface area contributed by atoms with Crippen LogP contribution in [0.5, 0.6) is 0 Å². The number of hydrogen-bond acceptors (Lipinski definition) is 3. The van der Waals surface area contributed by atoms with Crippen molar-refractivity contribution in [3.63, 3.8) is 0 Å². The molecular weight excluding hydrogens is 233 g/mol. The maximum atomic E-state index is 13.3. The van der Waals surface area contributed by atoms with Crippen molar-refractivity contribution in [2.45, 2.75) is 25.9 Å². The maximum absolute atomic E-state index is 13.3. The molecule has 1 saturated heterocycles. The van der Waals surface area contributed by atoms with E-state index in [1.807, 2.05) is 0 Å². The molecule has 0 spiro atoms. The van der Waals surface area contributed by atoms with E-state index in [1.165, 1.54) is 6.07 Å². The minimum atomic E-state index is -0.309. The third-order valence-corrected chi connectivity index (χ3v) is 3.10. The zero-order chi connectivity index (χ0) is 13.1. The monoisotopic (exact) mass is 251 g/mol. The molecule has 1 fully saturated rings. The first-order valence-corrected chi connectivity index (χ1v) is 6.10. The molecule has 1 aliphatic rings. The fourth-order valence-corrected chi connectivity index (χ4v) is 1.87. The summed E-state index contributed by atoms with van der Waals surface area (Å²) in [5.41, 5.74) is 1.06. The smallest absolute Gasteiger partial charge is 0.242 e. The number of piperazine rings is 1. The van der Waals surface area contributed by atoms with Crippen LogP contribution in [-0.2, 0) is 4.79 Å². The number of rotatable bonds is 2. The number of carbonyl (C=O) groups excluding carboxylic acids is 1. The van der Waals surface area contributed by atoms with Gasteiger partial charge in [0.25, 0.3) is 0 Å². The lowest BCUT2D eigenvalue weighted by Crippen LogP contribution is -2.57. The van der Waals surface area contributed by atoms with Crippen molar-refractivity contribution in [3.8, 4) is 0 Å². The van der Waals surface area contributed by atoms with Crippen LogP contribution in [0.4, 0.5) is 10.1 Å². The molecule has 1 aromatic carbocycles. The first kappa shape index (κ1) is 13.0. The van der Waals surface area contributed by atoms with E-state index in [1.54, 1.807) is 19.1 Å². The van der Waals surface area contributed by atoms with Crippen molar-refractivity contribution < 1.29 is 9.18 Å². The molecule has 18 heavy (non-hydrogen) atoms. The molecule has 2 rings (SSSR count). The first-order valence-electron chi connectivity index (χ1n) is 6.10. The summed E-state index contributed by atoms with van der Waals surface area (Å²) < 4.78 is 13.3. The molecule has 0 aromatic heterocycles. The van der Waals surface area contributed by atoms with Gasteiger partial charge in [0.1, 0.15) is 5.82 Å². The van der Waals surface area contributed by atoms with Crippen molar-refractivity contribution >= 4 is 11.6 Å². The Balaban J connectivity index is 1.96. The zero-order valence-corrected chi connectivity index (χ0v) is 10.6. The lowest BCUT2D eigenvalue weighted by Gasteiger charge is -2.28. The Bertz CT molecular complexity index is 442. The van der Waals surface area contributed by atoms with Crippen molar-refractivity contribution in [1.82, 2.24) is 10.6 Å². The van der Waals surface area contributed by atoms with E-state index in [0.717, 1.165) is 6.54 Å². The van der Waals surface area contributed by atoms with Crippen LogP contribution in [-0.4, -0.2) is 31.1 Å². The number of hydrogen-bond donors (Lipinski definition) is 3. The van der Waals surface area contributed by atoms with Gasteiger partial charge in [-0.05, 0) is 31.5 Å². The normalized spacial score (nSPS) is 23.7. The highest BCUT2D eigenvalue weighted by atomic mass is 19.1. The largest absolute Gasteiger partial charge is 0.325 e. The van der Waals surface area contributed by atoms with Crippen LogP contribution >= 0.6 is 0 Å². The molecule has 0 radical (unpaired) electrons. The number of anilines is 1. The number of nitrogens with one attached hydrogen (secondary N) is 3. The summed E-state index contributed by atoms with van der Waals surface area (Å²) in [6.45, 7) is 5.08. The third kappa shape index (κ3) is 3.05. The first-order chi connectivity index (χ1) is 8.56. The topological polar surface area (TPSA) is 53.2 Å². The van der Waals surface area contributed by atoms with Gasteiger partial charge < -0.3 is 16.0 Å². The Morgan fingerprint density at radius 3 is 2.78 bits per heavy atom. The van der Waals surface area contributed by atoms with Gasteiger partial charge in [0.15, 0.2) is 0 Å². The van der Waals surface area contributed by atoms with Gasteiger partial charge in [0, 0.05) is 24.8 Å². The quantitative estimate of drug-likeness (QED) is 0.735. The summed E-state index contributed by atoms with van der Waals surface area (Å²) in [4.78, 5) is 11.9. The highest BCUT2D eigenvalue weighted by Crippen LogP contribution is 2.13. The highest BCUT2D eigenvalue weighted by Gasteiger charge is 2.23. The second kappa shape index (κ2) is 5.46. The lowest BCUT2D eigenvalue weighted by molar-refractivity contribution is -0.118. The molecule has 0 saturated carbocycles. The second-order valence-corrected chi connectivity index (χ2v) is 4.72. The van der Waals surface area contributed by atoms with Gasteiger partial charge in [0.2, 0.25) is 5.91 Å². The molecule has 0 bridgehead atoms. The number of aryl methyl sites for hydroxylation is 1. The highest BCUT2D eigenvalue weighted by molar-refractivity contribution is 5.95. The lowest BCUT2D eigenvalue weighted by atomic mass is 10.1. The van der Waals surface area contributed by atoms with Crippen LogP contribution in [0, 0.1) is 12.7 Å². The van der Waals surface area contributed by atoms with E-state index < -0.39 is 0 Å². The predicted molar refractivity (Wildman–Crippen MR) is 69.0 cm³/mol. The average Bonchev–Trinajstić information content (AvgIpc) is 2.34.